The molecule has 0 aliphatic carbocycles. The molecule has 0 radical (unpaired) electrons. The van der Waals surface area contributed by atoms with Gasteiger partial charge in [-0.15, -0.1) is 0 Å². The maximum atomic E-state index is 11.7. The van der Waals surface area contributed by atoms with Crippen LogP contribution >= 0.6 is 0 Å². The second-order valence-corrected chi connectivity index (χ2v) is 3.92. The lowest BCUT2D eigenvalue weighted by molar-refractivity contribution is -0.151. The number of hydrogen-bond donors (Lipinski definition) is 1. The highest BCUT2D eigenvalue weighted by Gasteiger charge is 2.19. The molecule has 0 aromatic rings. The number of carboxylic acid groups (broad SMARTS) is 1. The number of aliphatic carboxylic acids is 1. The molecule has 106 valence electrons. The summed E-state index contributed by atoms with van der Waals surface area (Å²) in [5.74, 6) is -1.47. The van der Waals surface area contributed by atoms with Crippen LogP contribution in [0.1, 0.15) is 25.7 Å². The fourth-order valence-electron chi connectivity index (χ4n) is 1.48. The summed E-state index contributed by atoms with van der Waals surface area (Å²) in [6, 6.07) is 0. The van der Waals surface area contributed by atoms with Crippen molar-refractivity contribution in [2.24, 2.45) is 5.92 Å². The molecular formula is C12H22O6. The number of ether oxygens (including phenoxy) is 3. The first-order valence-corrected chi connectivity index (χ1v) is 5.98. The SMILES string of the molecule is COCCOC(=O)C(CCCC(=O)O)CCOC. The van der Waals surface area contributed by atoms with Crippen LogP contribution in [0.15, 0.2) is 0 Å². The molecule has 0 amide bonds. The zero-order valence-electron chi connectivity index (χ0n) is 11.0. The smallest absolute Gasteiger partial charge is 0.309 e. The van der Waals surface area contributed by atoms with E-state index in [2.05, 4.69) is 0 Å². The Balaban J connectivity index is 4.02. The minimum atomic E-state index is -0.853. The van der Waals surface area contributed by atoms with Crippen LogP contribution in [0.2, 0.25) is 0 Å². The summed E-state index contributed by atoms with van der Waals surface area (Å²) < 4.78 is 14.7. The number of carbonyl (C=O) groups excluding carboxylic acids is 1. The van der Waals surface area contributed by atoms with E-state index in [9.17, 15) is 9.59 Å². The zero-order valence-corrected chi connectivity index (χ0v) is 11.0. The highest BCUT2D eigenvalue weighted by Crippen LogP contribution is 2.15. The zero-order chi connectivity index (χ0) is 13.8. The number of esters is 1. The van der Waals surface area contributed by atoms with Crippen molar-refractivity contribution in [3.8, 4) is 0 Å². The van der Waals surface area contributed by atoms with Gasteiger partial charge in [0.15, 0.2) is 0 Å². The first-order valence-electron chi connectivity index (χ1n) is 5.98. The van der Waals surface area contributed by atoms with Gasteiger partial charge in [0.1, 0.15) is 6.61 Å². The average Bonchev–Trinajstić information content (AvgIpc) is 2.33. The number of carbonyl (C=O) groups is 2. The van der Waals surface area contributed by atoms with Crippen LogP contribution in [-0.2, 0) is 23.8 Å². The molecule has 0 fully saturated rings. The summed E-state index contributed by atoms with van der Waals surface area (Å²) in [5.41, 5.74) is 0. The van der Waals surface area contributed by atoms with Crippen molar-refractivity contribution in [1.29, 1.82) is 0 Å². The van der Waals surface area contributed by atoms with Gasteiger partial charge in [0.25, 0.3) is 0 Å². The Hall–Kier alpha value is -1.14. The highest BCUT2D eigenvalue weighted by atomic mass is 16.6. The first kappa shape index (κ1) is 16.9. The summed E-state index contributed by atoms with van der Waals surface area (Å²) in [6.07, 6.45) is 1.57. The lowest BCUT2D eigenvalue weighted by Gasteiger charge is -2.15. The Morgan fingerprint density at radius 3 is 2.28 bits per heavy atom. The maximum absolute atomic E-state index is 11.7. The van der Waals surface area contributed by atoms with Crippen LogP contribution in [0.5, 0.6) is 0 Å². The summed E-state index contributed by atoms with van der Waals surface area (Å²) in [7, 11) is 3.09. The predicted octanol–water partition coefficient (Wildman–Crippen LogP) is 1.08. The second-order valence-electron chi connectivity index (χ2n) is 3.92. The second kappa shape index (κ2) is 11.0. The molecule has 0 spiro atoms. The van der Waals surface area contributed by atoms with Gasteiger partial charge >= 0.3 is 11.9 Å². The molecule has 18 heavy (non-hydrogen) atoms. The average molecular weight is 262 g/mol. The minimum Gasteiger partial charge on any atom is -0.481 e. The molecule has 6 nitrogen and oxygen atoms in total. The van der Waals surface area contributed by atoms with Crippen molar-refractivity contribution in [2.75, 3.05) is 34.0 Å². The van der Waals surface area contributed by atoms with Gasteiger partial charge in [-0.1, -0.05) is 0 Å². The van der Waals surface area contributed by atoms with E-state index in [1.54, 1.807) is 7.11 Å². The number of hydrogen-bond acceptors (Lipinski definition) is 5. The predicted molar refractivity (Wildman–Crippen MR) is 64.3 cm³/mol. The monoisotopic (exact) mass is 262 g/mol. The van der Waals surface area contributed by atoms with E-state index in [0.717, 1.165) is 0 Å². The van der Waals surface area contributed by atoms with E-state index in [-0.39, 0.29) is 24.9 Å². The Morgan fingerprint density at radius 1 is 1.06 bits per heavy atom. The van der Waals surface area contributed by atoms with Crippen LogP contribution in [0.3, 0.4) is 0 Å². The van der Waals surface area contributed by atoms with Gasteiger partial charge in [-0.25, -0.2) is 0 Å². The van der Waals surface area contributed by atoms with Crippen LogP contribution < -0.4 is 0 Å². The number of rotatable bonds is 11. The topological polar surface area (TPSA) is 82.1 Å². The molecule has 0 saturated heterocycles. The van der Waals surface area contributed by atoms with Gasteiger partial charge < -0.3 is 19.3 Å². The molecule has 0 aromatic heterocycles. The van der Waals surface area contributed by atoms with E-state index < -0.39 is 5.97 Å². The molecule has 0 bridgehead atoms. The molecule has 1 unspecified atom stereocenters. The van der Waals surface area contributed by atoms with Gasteiger partial charge in [0.05, 0.1) is 12.5 Å². The lowest BCUT2D eigenvalue weighted by atomic mass is 9.99. The van der Waals surface area contributed by atoms with E-state index >= 15 is 0 Å². The lowest BCUT2D eigenvalue weighted by Crippen LogP contribution is -2.21. The van der Waals surface area contributed by atoms with Crippen molar-refractivity contribution in [1.82, 2.24) is 0 Å². The summed E-state index contributed by atoms with van der Waals surface area (Å²) in [6.45, 7) is 1.03. The van der Waals surface area contributed by atoms with Crippen LogP contribution in [0.25, 0.3) is 0 Å². The van der Waals surface area contributed by atoms with Gasteiger partial charge in [-0.2, -0.15) is 0 Å². The van der Waals surface area contributed by atoms with Crippen molar-refractivity contribution >= 4 is 11.9 Å². The number of methoxy groups -OCH3 is 2. The molecule has 0 aliphatic rings. The quantitative estimate of drug-likeness (QED) is 0.443. The Labute approximate surface area is 107 Å². The van der Waals surface area contributed by atoms with Crippen molar-refractivity contribution in [3.63, 3.8) is 0 Å². The standard InChI is InChI=1S/C12H22O6/c1-16-7-6-10(4-3-5-11(13)14)12(15)18-9-8-17-2/h10H,3-9H2,1-2H3,(H,13,14). The first-order chi connectivity index (χ1) is 8.61. The molecule has 0 aromatic carbocycles. The van der Waals surface area contributed by atoms with Crippen molar-refractivity contribution in [3.05, 3.63) is 0 Å². The molecular weight excluding hydrogens is 240 g/mol. The third-order valence-electron chi connectivity index (χ3n) is 2.48. The molecule has 0 heterocycles. The Bertz CT molecular complexity index is 241. The van der Waals surface area contributed by atoms with Crippen LogP contribution in [0.4, 0.5) is 0 Å². The molecule has 0 saturated carbocycles. The van der Waals surface area contributed by atoms with E-state index in [1.165, 1.54) is 7.11 Å². The summed E-state index contributed by atoms with van der Waals surface area (Å²) in [4.78, 5) is 22.1. The Morgan fingerprint density at radius 2 is 1.72 bits per heavy atom. The molecule has 0 rings (SSSR count). The normalized spacial score (nSPS) is 12.1. The summed E-state index contributed by atoms with van der Waals surface area (Å²) >= 11 is 0. The fourth-order valence-corrected chi connectivity index (χ4v) is 1.48. The van der Waals surface area contributed by atoms with E-state index in [0.29, 0.717) is 32.5 Å². The maximum Gasteiger partial charge on any atom is 0.309 e. The van der Waals surface area contributed by atoms with Crippen LogP contribution in [0, 0.1) is 5.92 Å². The van der Waals surface area contributed by atoms with Crippen molar-refractivity contribution in [2.45, 2.75) is 25.7 Å². The van der Waals surface area contributed by atoms with Gasteiger partial charge in [0, 0.05) is 27.2 Å². The molecule has 0 aliphatic heterocycles. The van der Waals surface area contributed by atoms with Gasteiger partial charge in [-0.05, 0) is 19.3 Å². The van der Waals surface area contributed by atoms with Gasteiger partial charge in [0.2, 0.25) is 0 Å². The summed E-state index contributed by atoms with van der Waals surface area (Å²) in [5, 5.41) is 8.56. The molecule has 6 heteroatoms. The van der Waals surface area contributed by atoms with Crippen molar-refractivity contribution < 1.29 is 28.9 Å². The molecule has 1 N–H and O–H groups in total. The fraction of sp³-hybridized carbons (Fsp3) is 0.833. The van der Waals surface area contributed by atoms with E-state index in [1.807, 2.05) is 0 Å². The third kappa shape index (κ3) is 8.95. The van der Waals surface area contributed by atoms with Gasteiger partial charge in [-0.3, -0.25) is 9.59 Å². The number of carboxylic acids is 1. The third-order valence-corrected chi connectivity index (χ3v) is 2.48. The minimum absolute atomic E-state index is 0.0643. The van der Waals surface area contributed by atoms with E-state index in [4.69, 9.17) is 19.3 Å². The largest absolute Gasteiger partial charge is 0.481 e. The highest BCUT2D eigenvalue weighted by molar-refractivity contribution is 5.72. The van der Waals surface area contributed by atoms with Crippen LogP contribution in [-0.4, -0.2) is 51.1 Å². The molecule has 1 atom stereocenters. The Kier molecular flexibility index (Phi) is 10.3.